The summed E-state index contributed by atoms with van der Waals surface area (Å²) in [5.74, 6) is 0.408. The molecule has 0 aromatic rings. The van der Waals surface area contributed by atoms with Crippen molar-refractivity contribution in [3.63, 3.8) is 0 Å². The molecule has 0 aromatic heterocycles. The van der Waals surface area contributed by atoms with Crippen LogP contribution in [0.15, 0.2) is 0 Å². The lowest BCUT2D eigenvalue weighted by Gasteiger charge is -2.21. The second kappa shape index (κ2) is 6.93. The van der Waals surface area contributed by atoms with Gasteiger partial charge in [-0.3, -0.25) is 4.79 Å². The molecule has 1 rings (SSSR count). The van der Waals surface area contributed by atoms with Crippen molar-refractivity contribution >= 4 is 40.8 Å². The van der Waals surface area contributed by atoms with Crippen molar-refractivity contribution in [1.82, 2.24) is 0 Å². The smallest absolute Gasteiger partial charge is 0.305 e. The van der Waals surface area contributed by atoms with Crippen LogP contribution >= 0.6 is 34.8 Å². The molecule has 0 saturated heterocycles. The van der Waals surface area contributed by atoms with Gasteiger partial charge in [-0.1, -0.05) is 66.9 Å². The molecule has 0 aliphatic heterocycles. The Kier molecular flexibility index (Phi) is 6.23. The monoisotopic (exact) mass is 286 g/mol. The summed E-state index contributed by atoms with van der Waals surface area (Å²) in [6.45, 7) is -0.166. The molecule has 0 amide bonds. The second-order valence-electron chi connectivity index (χ2n) is 4.32. The van der Waals surface area contributed by atoms with Gasteiger partial charge in [0.2, 0.25) is 3.79 Å². The fourth-order valence-electron chi connectivity index (χ4n) is 2.03. The summed E-state index contributed by atoms with van der Waals surface area (Å²) in [5.41, 5.74) is 0. The first kappa shape index (κ1) is 14.4. The molecular formula is C11H17Cl3O2. The minimum absolute atomic E-state index is 0.166. The Hall–Kier alpha value is 0.340. The number of hydrogen-bond donors (Lipinski definition) is 0. The molecule has 0 N–H and O–H groups in total. The Balaban J connectivity index is 2.09. The molecule has 1 saturated carbocycles. The van der Waals surface area contributed by atoms with Crippen LogP contribution < -0.4 is 0 Å². The largest absolute Gasteiger partial charge is 0.461 e. The predicted octanol–water partition coefficient (Wildman–Crippen LogP) is 4.26. The van der Waals surface area contributed by atoms with Crippen LogP contribution in [0.5, 0.6) is 0 Å². The van der Waals surface area contributed by atoms with Crippen molar-refractivity contribution in [3.05, 3.63) is 0 Å². The van der Waals surface area contributed by atoms with E-state index in [1.807, 2.05) is 0 Å². The van der Waals surface area contributed by atoms with Gasteiger partial charge in [-0.2, -0.15) is 0 Å². The van der Waals surface area contributed by atoms with Gasteiger partial charge in [0.15, 0.2) is 0 Å². The van der Waals surface area contributed by atoms with Crippen molar-refractivity contribution < 1.29 is 9.53 Å². The number of hydrogen-bond acceptors (Lipinski definition) is 2. The molecule has 0 radical (unpaired) electrons. The molecule has 0 heterocycles. The summed E-state index contributed by atoms with van der Waals surface area (Å²) >= 11 is 16.4. The summed E-state index contributed by atoms with van der Waals surface area (Å²) in [6.07, 6.45) is 7.70. The van der Waals surface area contributed by atoms with Gasteiger partial charge in [0.1, 0.15) is 6.61 Å². The summed E-state index contributed by atoms with van der Waals surface area (Å²) in [7, 11) is 0. The molecule has 0 bridgehead atoms. The number of alkyl halides is 3. The zero-order valence-corrected chi connectivity index (χ0v) is 11.5. The molecule has 0 atom stereocenters. The van der Waals surface area contributed by atoms with Crippen LogP contribution in [-0.4, -0.2) is 16.4 Å². The van der Waals surface area contributed by atoms with Crippen LogP contribution in [0.25, 0.3) is 0 Å². The van der Waals surface area contributed by atoms with Crippen molar-refractivity contribution in [2.75, 3.05) is 6.61 Å². The molecule has 94 valence electrons. The fraction of sp³-hybridized carbons (Fsp3) is 0.909. The van der Waals surface area contributed by atoms with E-state index in [0.717, 1.165) is 6.42 Å². The average molecular weight is 288 g/mol. The molecule has 16 heavy (non-hydrogen) atoms. The normalized spacial score (nSPS) is 18.4. The molecule has 2 nitrogen and oxygen atoms in total. The van der Waals surface area contributed by atoms with Crippen LogP contribution in [0.4, 0.5) is 0 Å². The quantitative estimate of drug-likeness (QED) is 0.570. The van der Waals surface area contributed by atoms with Gasteiger partial charge in [-0.05, 0) is 12.3 Å². The summed E-state index contributed by atoms with van der Waals surface area (Å²) < 4.78 is 3.36. The topological polar surface area (TPSA) is 26.3 Å². The van der Waals surface area contributed by atoms with Gasteiger partial charge in [-0.25, -0.2) is 0 Å². The molecule has 0 unspecified atom stereocenters. The third-order valence-corrected chi connectivity index (χ3v) is 3.21. The number of carbonyl (C=O) groups excluding carboxylic acids is 1. The lowest BCUT2D eigenvalue weighted by molar-refractivity contribution is -0.143. The van der Waals surface area contributed by atoms with Crippen molar-refractivity contribution in [1.29, 1.82) is 0 Å². The Morgan fingerprint density at radius 3 is 2.38 bits per heavy atom. The Labute approximate surface area is 112 Å². The highest BCUT2D eigenvalue weighted by Crippen LogP contribution is 2.28. The maximum atomic E-state index is 11.3. The first-order valence-electron chi connectivity index (χ1n) is 5.70. The number of carbonyl (C=O) groups is 1. The van der Waals surface area contributed by atoms with E-state index in [-0.39, 0.29) is 12.6 Å². The molecule has 1 fully saturated rings. The van der Waals surface area contributed by atoms with E-state index in [1.54, 1.807) is 0 Å². The number of esters is 1. The summed E-state index contributed by atoms with van der Waals surface area (Å²) in [4.78, 5) is 11.3. The molecule has 1 aliphatic rings. The zero-order valence-electron chi connectivity index (χ0n) is 9.18. The zero-order chi connectivity index (χ0) is 12.0. The van der Waals surface area contributed by atoms with E-state index in [9.17, 15) is 4.79 Å². The fourth-order valence-corrected chi connectivity index (χ4v) is 2.20. The van der Waals surface area contributed by atoms with Crippen molar-refractivity contribution in [2.24, 2.45) is 5.92 Å². The predicted molar refractivity (Wildman–Crippen MR) is 67.1 cm³/mol. The number of ether oxygens (including phenoxy) is 1. The van der Waals surface area contributed by atoms with Crippen LogP contribution in [-0.2, 0) is 9.53 Å². The molecule has 0 aromatic carbocycles. The van der Waals surface area contributed by atoms with E-state index >= 15 is 0 Å². The minimum atomic E-state index is -1.50. The first-order chi connectivity index (χ1) is 7.47. The summed E-state index contributed by atoms with van der Waals surface area (Å²) in [5, 5.41) is 0. The number of rotatable bonds is 4. The number of halogens is 3. The van der Waals surface area contributed by atoms with E-state index in [1.165, 1.54) is 32.1 Å². The van der Waals surface area contributed by atoms with E-state index < -0.39 is 3.79 Å². The molecule has 0 spiro atoms. The van der Waals surface area contributed by atoms with Gasteiger partial charge in [0.05, 0.1) is 0 Å². The Bertz CT molecular complexity index is 220. The van der Waals surface area contributed by atoms with Gasteiger partial charge in [-0.15, -0.1) is 0 Å². The maximum absolute atomic E-state index is 11.3. The van der Waals surface area contributed by atoms with Crippen LogP contribution in [0.2, 0.25) is 0 Å². The van der Waals surface area contributed by atoms with E-state index in [0.29, 0.717) is 12.3 Å². The average Bonchev–Trinajstić information content (AvgIpc) is 2.24. The van der Waals surface area contributed by atoms with Crippen LogP contribution in [0.1, 0.15) is 44.9 Å². The highest BCUT2D eigenvalue weighted by molar-refractivity contribution is 6.67. The van der Waals surface area contributed by atoms with Gasteiger partial charge >= 0.3 is 5.97 Å². The van der Waals surface area contributed by atoms with Crippen LogP contribution in [0.3, 0.4) is 0 Å². The molecular weight excluding hydrogens is 270 g/mol. The Morgan fingerprint density at radius 2 is 1.81 bits per heavy atom. The van der Waals surface area contributed by atoms with Gasteiger partial charge in [0.25, 0.3) is 0 Å². The molecule has 5 heteroatoms. The van der Waals surface area contributed by atoms with Gasteiger partial charge < -0.3 is 4.74 Å². The van der Waals surface area contributed by atoms with Gasteiger partial charge in [0, 0.05) is 6.42 Å². The Morgan fingerprint density at radius 1 is 1.19 bits per heavy atom. The highest BCUT2D eigenvalue weighted by Gasteiger charge is 2.22. The third kappa shape index (κ3) is 6.82. The van der Waals surface area contributed by atoms with Crippen molar-refractivity contribution in [3.8, 4) is 0 Å². The maximum Gasteiger partial charge on any atom is 0.305 e. The summed E-state index contributed by atoms with van der Waals surface area (Å²) in [6, 6.07) is 0. The minimum Gasteiger partial charge on any atom is -0.461 e. The first-order valence-corrected chi connectivity index (χ1v) is 6.83. The van der Waals surface area contributed by atoms with Crippen LogP contribution in [0, 0.1) is 5.92 Å². The highest BCUT2D eigenvalue weighted by atomic mass is 35.6. The van der Waals surface area contributed by atoms with Crippen molar-refractivity contribution in [2.45, 2.75) is 48.7 Å². The SMILES string of the molecule is O=C(CCC1CCCCC1)OCC(Cl)(Cl)Cl. The second-order valence-corrected chi connectivity index (χ2v) is 6.83. The third-order valence-electron chi connectivity index (χ3n) is 2.88. The van der Waals surface area contributed by atoms with E-state index in [4.69, 9.17) is 39.5 Å². The molecule has 1 aliphatic carbocycles. The van der Waals surface area contributed by atoms with E-state index in [2.05, 4.69) is 0 Å². The standard InChI is InChI=1S/C11H17Cl3O2/c12-11(13,14)8-16-10(15)7-6-9-4-2-1-3-5-9/h9H,1-8H2. The lowest BCUT2D eigenvalue weighted by atomic mass is 9.86. The lowest BCUT2D eigenvalue weighted by Crippen LogP contribution is -2.18.